The summed E-state index contributed by atoms with van der Waals surface area (Å²) in [6.07, 6.45) is 12.9. The van der Waals surface area contributed by atoms with E-state index >= 15 is 0 Å². The lowest BCUT2D eigenvalue weighted by Gasteiger charge is -2.25. The Bertz CT molecular complexity index is 468. The fraction of sp³-hybridized carbons (Fsp3) is 0.684. The molecule has 5 nitrogen and oxygen atoms in total. The van der Waals surface area contributed by atoms with Crippen molar-refractivity contribution in [3.05, 3.63) is 23.4 Å². The van der Waals surface area contributed by atoms with Gasteiger partial charge in [-0.2, -0.15) is 0 Å². The number of esters is 1. The average Bonchev–Trinajstić information content (AvgIpc) is 2.58. The molecule has 0 saturated carbocycles. The summed E-state index contributed by atoms with van der Waals surface area (Å²) in [6.45, 7) is 4.52. The lowest BCUT2D eigenvalue weighted by molar-refractivity contribution is -0.147. The van der Waals surface area contributed by atoms with Crippen LogP contribution < -0.4 is 0 Å². The predicted molar refractivity (Wildman–Crippen MR) is 94.4 cm³/mol. The molecule has 0 unspecified atom stereocenters. The van der Waals surface area contributed by atoms with Crippen molar-refractivity contribution in [3.8, 4) is 0 Å². The normalized spacial score (nSPS) is 14.2. The Morgan fingerprint density at radius 1 is 1.12 bits per heavy atom. The number of carboxylic acids is 1. The molecule has 0 amide bonds. The molecule has 1 aliphatic rings. The van der Waals surface area contributed by atoms with Gasteiger partial charge in [0.25, 0.3) is 0 Å². The molecule has 0 radical (unpaired) electrons. The summed E-state index contributed by atoms with van der Waals surface area (Å²) in [5.41, 5.74) is 1.20. The minimum absolute atomic E-state index is 0.111. The fourth-order valence-corrected chi connectivity index (χ4v) is 2.73. The van der Waals surface area contributed by atoms with Crippen molar-refractivity contribution in [2.45, 2.75) is 71.6 Å². The van der Waals surface area contributed by atoms with Gasteiger partial charge in [0, 0.05) is 12.6 Å². The van der Waals surface area contributed by atoms with Gasteiger partial charge in [-0.3, -0.25) is 4.79 Å². The van der Waals surface area contributed by atoms with Crippen LogP contribution in [-0.4, -0.2) is 35.2 Å². The first-order valence-corrected chi connectivity index (χ1v) is 9.11. The number of hydrogen-bond acceptors (Lipinski definition) is 4. The van der Waals surface area contributed by atoms with Crippen molar-refractivity contribution in [3.63, 3.8) is 0 Å². The summed E-state index contributed by atoms with van der Waals surface area (Å²) in [5.74, 6) is -1.12. The molecule has 24 heavy (non-hydrogen) atoms. The Kier molecular flexibility index (Phi) is 9.89. The summed E-state index contributed by atoms with van der Waals surface area (Å²) in [7, 11) is 0. The molecule has 5 heteroatoms. The summed E-state index contributed by atoms with van der Waals surface area (Å²) in [6, 6.07) is 0. The van der Waals surface area contributed by atoms with E-state index < -0.39 is 5.97 Å². The monoisotopic (exact) mass is 337 g/mol. The lowest BCUT2D eigenvalue weighted by Crippen LogP contribution is -2.30. The van der Waals surface area contributed by atoms with E-state index in [1.807, 2.05) is 6.92 Å². The van der Waals surface area contributed by atoms with E-state index in [1.54, 1.807) is 17.2 Å². The van der Waals surface area contributed by atoms with Crippen molar-refractivity contribution in [1.82, 2.24) is 4.90 Å². The summed E-state index contributed by atoms with van der Waals surface area (Å²) < 4.78 is 5.24. The predicted octanol–water partition coefficient (Wildman–Crippen LogP) is 4.25. The number of hydrogen-bond donors (Lipinski definition) is 1. The largest absolute Gasteiger partial charge is 0.478 e. The highest BCUT2D eigenvalue weighted by atomic mass is 16.5. The molecule has 0 spiro atoms. The molecule has 0 aliphatic carbocycles. The van der Waals surface area contributed by atoms with Gasteiger partial charge in [0.15, 0.2) is 6.73 Å². The van der Waals surface area contributed by atoms with Crippen molar-refractivity contribution < 1.29 is 19.4 Å². The molecule has 0 atom stereocenters. The summed E-state index contributed by atoms with van der Waals surface area (Å²) >= 11 is 0. The van der Waals surface area contributed by atoms with Gasteiger partial charge in [0.1, 0.15) is 0 Å². The zero-order chi connectivity index (χ0) is 17.8. The van der Waals surface area contributed by atoms with E-state index in [4.69, 9.17) is 4.74 Å². The second-order valence-corrected chi connectivity index (χ2v) is 6.24. The molecular weight excluding hydrogens is 306 g/mol. The second kappa shape index (κ2) is 11.7. The first-order chi connectivity index (χ1) is 11.6. The van der Waals surface area contributed by atoms with E-state index in [9.17, 15) is 14.7 Å². The molecule has 0 bridgehead atoms. The van der Waals surface area contributed by atoms with Crippen LogP contribution >= 0.6 is 0 Å². The van der Waals surface area contributed by atoms with Crippen molar-refractivity contribution in [2.75, 3.05) is 13.3 Å². The van der Waals surface area contributed by atoms with E-state index in [-0.39, 0.29) is 19.2 Å². The van der Waals surface area contributed by atoms with Gasteiger partial charge in [-0.05, 0) is 24.5 Å². The molecular formula is C19H31NO4. The van der Waals surface area contributed by atoms with E-state index in [0.717, 1.165) is 18.4 Å². The van der Waals surface area contributed by atoms with E-state index in [0.29, 0.717) is 18.4 Å². The van der Waals surface area contributed by atoms with Gasteiger partial charge in [-0.25, -0.2) is 4.79 Å². The van der Waals surface area contributed by atoms with Crippen LogP contribution in [0.3, 0.4) is 0 Å². The van der Waals surface area contributed by atoms with E-state index in [1.165, 1.54) is 32.1 Å². The number of carbonyl (C=O) groups excluding carboxylic acids is 1. The Hall–Kier alpha value is -1.78. The van der Waals surface area contributed by atoms with Gasteiger partial charge in [-0.1, -0.05) is 52.4 Å². The Morgan fingerprint density at radius 3 is 2.42 bits per heavy atom. The zero-order valence-electron chi connectivity index (χ0n) is 15.1. The molecule has 1 aliphatic heterocycles. The number of rotatable bonds is 12. The first-order valence-electron chi connectivity index (χ1n) is 9.11. The van der Waals surface area contributed by atoms with Crippen LogP contribution in [0.25, 0.3) is 0 Å². The Balaban J connectivity index is 2.18. The zero-order valence-corrected chi connectivity index (χ0v) is 15.1. The lowest BCUT2D eigenvalue weighted by atomic mass is 10.0. The van der Waals surface area contributed by atoms with Crippen LogP contribution in [0.4, 0.5) is 0 Å². The number of nitrogens with zero attached hydrogens (tertiary/aromatic N) is 1. The maximum atomic E-state index is 11.8. The van der Waals surface area contributed by atoms with Gasteiger partial charge in [-0.15, -0.1) is 0 Å². The quantitative estimate of drug-likeness (QED) is 0.426. The molecule has 1 heterocycles. The van der Waals surface area contributed by atoms with Crippen molar-refractivity contribution in [2.24, 2.45) is 0 Å². The molecule has 0 fully saturated rings. The molecule has 0 saturated heterocycles. The highest BCUT2D eigenvalue weighted by Crippen LogP contribution is 2.18. The smallest absolute Gasteiger partial charge is 0.333 e. The minimum Gasteiger partial charge on any atom is -0.478 e. The second-order valence-electron chi connectivity index (χ2n) is 6.24. The number of allylic oxidation sites excluding steroid dienone is 2. The molecule has 0 aromatic heterocycles. The standard InChI is InChI=1S/C19H31NO4/c1-3-5-6-7-8-9-10-11-18(21)24-15-20-13-12-16(4-2)17(14-20)19(22)23/h12-13H,3-11,14-15H2,1-2H3,(H,22,23). The van der Waals surface area contributed by atoms with Gasteiger partial charge in [0.05, 0.1) is 12.1 Å². The number of unbranched alkanes of at least 4 members (excludes halogenated alkanes) is 6. The fourth-order valence-electron chi connectivity index (χ4n) is 2.73. The topological polar surface area (TPSA) is 66.8 Å². The van der Waals surface area contributed by atoms with Gasteiger partial charge >= 0.3 is 11.9 Å². The van der Waals surface area contributed by atoms with Crippen LogP contribution in [0.5, 0.6) is 0 Å². The summed E-state index contributed by atoms with van der Waals surface area (Å²) in [5, 5.41) is 9.23. The third-order valence-corrected chi connectivity index (χ3v) is 4.25. The van der Waals surface area contributed by atoms with E-state index in [2.05, 4.69) is 6.92 Å². The number of aliphatic carboxylic acids is 1. The van der Waals surface area contributed by atoms with Crippen LogP contribution in [0, 0.1) is 0 Å². The van der Waals surface area contributed by atoms with Crippen molar-refractivity contribution in [1.29, 1.82) is 0 Å². The van der Waals surface area contributed by atoms with Gasteiger partial charge in [0.2, 0.25) is 0 Å². The van der Waals surface area contributed by atoms with Crippen LogP contribution in [0.1, 0.15) is 71.6 Å². The SMILES string of the molecule is CCCCCCCCCC(=O)OCN1C=CC(CC)=C(C(=O)O)C1. The highest BCUT2D eigenvalue weighted by Gasteiger charge is 2.19. The highest BCUT2D eigenvalue weighted by molar-refractivity contribution is 5.89. The number of carboxylic acid groups (broad SMARTS) is 1. The molecule has 0 aromatic rings. The first kappa shape index (κ1) is 20.3. The average molecular weight is 337 g/mol. The number of ether oxygens (including phenoxy) is 1. The van der Waals surface area contributed by atoms with Crippen LogP contribution in [-0.2, 0) is 14.3 Å². The van der Waals surface area contributed by atoms with Crippen LogP contribution in [0.2, 0.25) is 0 Å². The van der Waals surface area contributed by atoms with Crippen LogP contribution in [0.15, 0.2) is 23.4 Å². The maximum Gasteiger partial charge on any atom is 0.333 e. The molecule has 136 valence electrons. The Morgan fingerprint density at radius 2 is 1.79 bits per heavy atom. The maximum absolute atomic E-state index is 11.8. The molecule has 1 rings (SSSR count). The molecule has 1 N–H and O–H groups in total. The molecule has 0 aromatic carbocycles. The number of carbonyl (C=O) groups is 2. The van der Waals surface area contributed by atoms with Gasteiger partial charge < -0.3 is 14.7 Å². The third kappa shape index (κ3) is 7.66. The summed E-state index contributed by atoms with van der Waals surface area (Å²) in [4.78, 5) is 24.7. The minimum atomic E-state index is -0.907. The van der Waals surface area contributed by atoms with Crippen molar-refractivity contribution >= 4 is 11.9 Å². The third-order valence-electron chi connectivity index (χ3n) is 4.25. The Labute approximate surface area is 145 Å².